The second-order valence-electron chi connectivity index (χ2n) is 9.68. The molecule has 10 heteroatoms. The molecule has 0 aliphatic carbocycles. The van der Waals surface area contributed by atoms with Gasteiger partial charge in [-0.3, -0.25) is 4.98 Å². The number of aliphatic hydroxyl groups is 1. The number of nitrogens with two attached hydrogens (primary N) is 1. The first-order valence-corrected chi connectivity index (χ1v) is 13.8. The molecule has 200 valence electrons. The zero-order chi connectivity index (χ0) is 26.6. The summed E-state index contributed by atoms with van der Waals surface area (Å²) >= 11 is 1.15. The highest BCUT2D eigenvalue weighted by Gasteiger charge is 2.24. The standard InChI is InChI=1S/C28H33N5O4S/c1-2-5-17-14-23(32-27-24(17)25(29)26(38-27)28(35)36)33-12-9-18(10-13-33)31-15-19(34)16-37-22-8-3-7-21-20(22)6-4-11-30-21/h3-4,6-8,11,14,18-19,31,34H,2,5,9-10,12-13,15-16,29H2,1H3,(H,35,36). The number of aryl methyl sites for hydroxylation is 1. The van der Waals surface area contributed by atoms with E-state index in [1.165, 1.54) is 0 Å². The topological polar surface area (TPSA) is 134 Å². The number of anilines is 2. The average molecular weight is 536 g/mol. The zero-order valence-corrected chi connectivity index (χ0v) is 22.2. The van der Waals surface area contributed by atoms with Crippen molar-refractivity contribution in [3.8, 4) is 5.75 Å². The maximum absolute atomic E-state index is 11.6. The van der Waals surface area contributed by atoms with Crippen LogP contribution in [0, 0.1) is 0 Å². The maximum atomic E-state index is 11.6. The number of thiophene rings is 1. The van der Waals surface area contributed by atoms with E-state index in [1.807, 2.05) is 30.3 Å². The van der Waals surface area contributed by atoms with E-state index in [0.717, 1.165) is 83.5 Å². The van der Waals surface area contributed by atoms with Gasteiger partial charge in [0.05, 0.1) is 11.2 Å². The lowest BCUT2D eigenvalue weighted by molar-refractivity contribution is 0.0703. The number of carboxylic acids is 1. The summed E-state index contributed by atoms with van der Waals surface area (Å²) in [5, 5.41) is 25.2. The Balaban J connectivity index is 1.16. The molecule has 1 aliphatic rings. The Morgan fingerprint density at radius 3 is 2.87 bits per heavy atom. The van der Waals surface area contributed by atoms with Crippen molar-refractivity contribution in [3.05, 3.63) is 53.0 Å². The van der Waals surface area contributed by atoms with Crippen molar-refractivity contribution in [1.82, 2.24) is 15.3 Å². The molecule has 4 heterocycles. The van der Waals surface area contributed by atoms with Crippen molar-refractivity contribution in [3.63, 3.8) is 0 Å². The molecule has 1 unspecified atom stereocenters. The van der Waals surface area contributed by atoms with Gasteiger partial charge in [0.25, 0.3) is 0 Å². The van der Waals surface area contributed by atoms with E-state index < -0.39 is 12.1 Å². The molecular weight excluding hydrogens is 502 g/mol. The quantitative estimate of drug-likeness (QED) is 0.237. The number of hydrogen-bond acceptors (Lipinski definition) is 9. The molecule has 1 atom stereocenters. The first kappa shape index (κ1) is 26.1. The van der Waals surface area contributed by atoms with Crippen LogP contribution in [-0.2, 0) is 6.42 Å². The predicted octanol–water partition coefficient (Wildman–Crippen LogP) is 4.08. The highest BCUT2D eigenvalue weighted by atomic mass is 32.1. The summed E-state index contributed by atoms with van der Waals surface area (Å²) in [5.74, 6) is 0.580. The molecule has 3 aromatic heterocycles. The molecule has 38 heavy (non-hydrogen) atoms. The normalized spacial score (nSPS) is 15.3. The van der Waals surface area contributed by atoms with Crippen molar-refractivity contribution in [2.75, 3.05) is 36.9 Å². The molecule has 1 aromatic carbocycles. The van der Waals surface area contributed by atoms with Gasteiger partial charge in [0.1, 0.15) is 34.0 Å². The third-order valence-electron chi connectivity index (χ3n) is 6.98. The molecule has 0 radical (unpaired) electrons. The Hall–Kier alpha value is -3.47. The number of fused-ring (bicyclic) bond motifs is 2. The lowest BCUT2D eigenvalue weighted by Gasteiger charge is -2.34. The SMILES string of the molecule is CCCc1cc(N2CCC(NCC(O)COc3cccc4ncccc34)CC2)nc2sc(C(=O)O)c(N)c12. The van der Waals surface area contributed by atoms with Gasteiger partial charge in [0, 0.05) is 42.6 Å². The summed E-state index contributed by atoms with van der Waals surface area (Å²) in [6.45, 7) is 4.40. The molecule has 5 N–H and O–H groups in total. The number of nitrogens with zero attached hydrogens (tertiary/aromatic N) is 3. The molecule has 0 amide bonds. The fraction of sp³-hybridized carbons (Fsp3) is 0.393. The van der Waals surface area contributed by atoms with Crippen molar-refractivity contribution in [2.45, 2.75) is 44.8 Å². The van der Waals surface area contributed by atoms with Crippen LogP contribution in [0.1, 0.15) is 41.4 Å². The Kier molecular flexibility index (Phi) is 7.92. The molecule has 0 spiro atoms. The summed E-state index contributed by atoms with van der Waals surface area (Å²) in [5.41, 5.74) is 8.43. The number of hydrogen-bond donors (Lipinski definition) is 4. The largest absolute Gasteiger partial charge is 0.490 e. The lowest BCUT2D eigenvalue weighted by atomic mass is 10.0. The first-order valence-electron chi connectivity index (χ1n) is 13.0. The molecule has 1 fully saturated rings. The van der Waals surface area contributed by atoms with E-state index in [0.29, 0.717) is 17.1 Å². The molecule has 1 saturated heterocycles. The molecule has 4 aromatic rings. The zero-order valence-electron chi connectivity index (χ0n) is 21.4. The van der Waals surface area contributed by atoms with Crippen LogP contribution < -0.4 is 20.7 Å². The van der Waals surface area contributed by atoms with Crippen molar-refractivity contribution in [2.24, 2.45) is 0 Å². The van der Waals surface area contributed by atoms with Crippen LogP contribution in [0.2, 0.25) is 0 Å². The van der Waals surface area contributed by atoms with E-state index in [9.17, 15) is 15.0 Å². The summed E-state index contributed by atoms with van der Waals surface area (Å²) in [7, 11) is 0. The number of piperidine rings is 1. The summed E-state index contributed by atoms with van der Waals surface area (Å²) in [6, 6.07) is 11.9. The third kappa shape index (κ3) is 5.52. The smallest absolute Gasteiger partial charge is 0.348 e. The number of nitrogen functional groups attached to an aromatic ring is 1. The maximum Gasteiger partial charge on any atom is 0.348 e. The summed E-state index contributed by atoms with van der Waals surface area (Å²) in [4.78, 5) is 23.9. The number of rotatable bonds is 10. The van der Waals surface area contributed by atoms with Gasteiger partial charge in [-0.1, -0.05) is 19.4 Å². The van der Waals surface area contributed by atoms with Crippen molar-refractivity contribution < 1.29 is 19.7 Å². The van der Waals surface area contributed by atoms with Gasteiger partial charge >= 0.3 is 5.97 Å². The van der Waals surface area contributed by atoms with E-state index >= 15 is 0 Å². The molecule has 0 saturated carbocycles. The van der Waals surface area contributed by atoms with Gasteiger partial charge in [-0.15, -0.1) is 11.3 Å². The van der Waals surface area contributed by atoms with E-state index in [2.05, 4.69) is 28.2 Å². The molecule has 0 bridgehead atoms. The van der Waals surface area contributed by atoms with E-state index in [-0.39, 0.29) is 17.5 Å². The number of nitrogens with one attached hydrogen (secondary N) is 1. The number of aliphatic hydroxyl groups excluding tert-OH is 1. The number of benzene rings is 1. The van der Waals surface area contributed by atoms with Gasteiger partial charge < -0.3 is 30.9 Å². The van der Waals surface area contributed by atoms with Gasteiger partial charge in [0.15, 0.2) is 0 Å². The van der Waals surface area contributed by atoms with Gasteiger partial charge in [0.2, 0.25) is 0 Å². The van der Waals surface area contributed by atoms with Crippen molar-refractivity contribution in [1.29, 1.82) is 0 Å². The van der Waals surface area contributed by atoms with Crippen LogP contribution in [0.5, 0.6) is 5.75 Å². The van der Waals surface area contributed by atoms with Crippen LogP contribution in [0.25, 0.3) is 21.1 Å². The number of ether oxygens (including phenoxy) is 1. The van der Waals surface area contributed by atoms with Gasteiger partial charge in [-0.2, -0.15) is 0 Å². The Morgan fingerprint density at radius 1 is 1.29 bits per heavy atom. The van der Waals surface area contributed by atoms with Gasteiger partial charge in [-0.05, 0) is 55.2 Å². The molecule has 5 rings (SSSR count). The summed E-state index contributed by atoms with van der Waals surface area (Å²) < 4.78 is 5.90. The highest BCUT2D eigenvalue weighted by Crippen LogP contribution is 2.37. The Bertz CT molecular complexity index is 1430. The van der Waals surface area contributed by atoms with Gasteiger partial charge in [-0.25, -0.2) is 9.78 Å². The Morgan fingerprint density at radius 2 is 2.11 bits per heavy atom. The first-order chi connectivity index (χ1) is 18.4. The van der Waals surface area contributed by atoms with Crippen LogP contribution >= 0.6 is 11.3 Å². The highest BCUT2D eigenvalue weighted by molar-refractivity contribution is 7.21. The average Bonchev–Trinajstić information content (AvgIpc) is 3.28. The number of pyridine rings is 2. The monoisotopic (exact) mass is 535 g/mol. The minimum Gasteiger partial charge on any atom is -0.490 e. The summed E-state index contributed by atoms with van der Waals surface area (Å²) in [6.07, 6.45) is 4.71. The predicted molar refractivity (Wildman–Crippen MR) is 151 cm³/mol. The molecule has 1 aliphatic heterocycles. The van der Waals surface area contributed by atoms with Crippen LogP contribution in [-0.4, -0.2) is 64.5 Å². The van der Waals surface area contributed by atoms with Crippen molar-refractivity contribution >= 4 is 49.9 Å². The number of aromatic carboxylic acids is 1. The number of carboxylic acid groups (broad SMARTS) is 1. The minimum absolute atomic E-state index is 0.157. The van der Waals surface area contributed by atoms with E-state index in [4.69, 9.17) is 15.5 Å². The second kappa shape index (κ2) is 11.5. The van der Waals surface area contributed by atoms with E-state index in [1.54, 1.807) is 6.20 Å². The molecule has 9 nitrogen and oxygen atoms in total. The Labute approximate surface area is 225 Å². The van der Waals surface area contributed by atoms with Crippen LogP contribution in [0.15, 0.2) is 42.6 Å². The van der Waals surface area contributed by atoms with Crippen LogP contribution in [0.4, 0.5) is 11.5 Å². The number of carbonyl (C=O) groups is 1. The third-order valence-corrected chi connectivity index (χ3v) is 8.07. The number of aromatic nitrogens is 2. The fourth-order valence-electron chi connectivity index (χ4n) is 5.03. The fourth-order valence-corrected chi connectivity index (χ4v) is 6.01. The second-order valence-corrected chi connectivity index (χ2v) is 10.7. The lowest BCUT2D eigenvalue weighted by Crippen LogP contribution is -2.45. The van der Waals surface area contributed by atoms with Crippen LogP contribution in [0.3, 0.4) is 0 Å². The molecular formula is C28H33N5O4S. The minimum atomic E-state index is -1.01.